The molecule has 1 amide bonds. The van der Waals surface area contributed by atoms with Gasteiger partial charge in [-0.1, -0.05) is 42.5 Å². The summed E-state index contributed by atoms with van der Waals surface area (Å²) >= 11 is 11.9. The molecule has 0 atom stereocenters. The van der Waals surface area contributed by atoms with Crippen LogP contribution in [0, 0.1) is 0 Å². The minimum Gasteiger partial charge on any atom is -0.341 e. The molecule has 0 heterocycles. The van der Waals surface area contributed by atoms with Gasteiger partial charge in [-0.05, 0) is 31.0 Å². The van der Waals surface area contributed by atoms with Gasteiger partial charge in [-0.25, -0.2) is 8.42 Å². The van der Waals surface area contributed by atoms with Crippen molar-refractivity contribution in [1.29, 1.82) is 0 Å². The van der Waals surface area contributed by atoms with Gasteiger partial charge in [-0.3, -0.25) is 9.10 Å². The van der Waals surface area contributed by atoms with Crippen LogP contribution in [0.15, 0.2) is 18.2 Å². The molecule has 8 heteroatoms. The molecule has 1 fully saturated rings. The van der Waals surface area contributed by atoms with Crippen molar-refractivity contribution in [1.82, 2.24) is 4.90 Å². The Balaban J connectivity index is 2.21. The third-order valence-corrected chi connectivity index (χ3v) is 5.91. The fourth-order valence-electron chi connectivity index (χ4n) is 2.99. The summed E-state index contributed by atoms with van der Waals surface area (Å²) in [5.41, 5.74) is 0.292. The predicted octanol–water partition coefficient (Wildman–Crippen LogP) is 3.55. The SMILES string of the molecule is CN(C(=O)CN(c1cc(Cl)cc(Cl)c1)S(C)(=O)=O)C1CCCCC1. The molecular weight excluding hydrogens is 371 g/mol. The summed E-state index contributed by atoms with van der Waals surface area (Å²) in [5, 5.41) is 0.637. The van der Waals surface area contributed by atoms with E-state index in [2.05, 4.69) is 0 Å². The number of amides is 1. The molecule has 0 bridgehead atoms. The lowest BCUT2D eigenvalue weighted by atomic mass is 9.94. The Bertz CT molecular complexity index is 683. The minimum absolute atomic E-state index is 0.176. The lowest BCUT2D eigenvalue weighted by Gasteiger charge is -2.33. The number of benzene rings is 1. The maximum absolute atomic E-state index is 12.6. The van der Waals surface area contributed by atoms with E-state index >= 15 is 0 Å². The molecule has 5 nitrogen and oxygen atoms in total. The molecule has 2 rings (SSSR count). The average Bonchev–Trinajstić information content (AvgIpc) is 2.50. The van der Waals surface area contributed by atoms with Crippen LogP contribution >= 0.6 is 23.2 Å². The minimum atomic E-state index is -3.64. The molecule has 0 aromatic heterocycles. The van der Waals surface area contributed by atoms with Gasteiger partial charge in [0.1, 0.15) is 6.54 Å². The Labute approximate surface area is 153 Å². The quantitative estimate of drug-likeness (QED) is 0.769. The van der Waals surface area contributed by atoms with Crippen LogP contribution in [0.1, 0.15) is 32.1 Å². The van der Waals surface area contributed by atoms with E-state index in [0.717, 1.165) is 36.2 Å². The molecule has 1 aromatic rings. The molecule has 1 aromatic carbocycles. The van der Waals surface area contributed by atoms with Crippen molar-refractivity contribution in [3.63, 3.8) is 0 Å². The highest BCUT2D eigenvalue weighted by Crippen LogP contribution is 2.27. The van der Waals surface area contributed by atoms with Crippen LogP contribution in [0.5, 0.6) is 0 Å². The van der Waals surface area contributed by atoms with Gasteiger partial charge >= 0.3 is 0 Å². The van der Waals surface area contributed by atoms with Crippen molar-refractivity contribution in [2.75, 3.05) is 24.2 Å². The van der Waals surface area contributed by atoms with Crippen molar-refractivity contribution in [3.05, 3.63) is 28.2 Å². The monoisotopic (exact) mass is 392 g/mol. The highest BCUT2D eigenvalue weighted by molar-refractivity contribution is 7.92. The van der Waals surface area contributed by atoms with Crippen LogP contribution in [0.4, 0.5) is 5.69 Å². The summed E-state index contributed by atoms with van der Waals surface area (Å²) in [6.45, 7) is -0.261. The van der Waals surface area contributed by atoms with E-state index in [4.69, 9.17) is 23.2 Å². The summed E-state index contributed by atoms with van der Waals surface area (Å²) in [7, 11) is -1.90. The first-order chi connectivity index (χ1) is 11.2. The van der Waals surface area contributed by atoms with E-state index in [1.807, 2.05) is 0 Å². The lowest BCUT2D eigenvalue weighted by molar-refractivity contribution is -0.130. The first kappa shape index (κ1) is 19.3. The van der Waals surface area contributed by atoms with Gasteiger partial charge in [0.2, 0.25) is 15.9 Å². The van der Waals surface area contributed by atoms with Crippen LogP contribution in [0.2, 0.25) is 10.0 Å². The Hall–Kier alpha value is -0.980. The number of rotatable bonds is 5. The summed E-state index contributed by atoms with van der Waals surface area (Å²) in [6, 6.07) is 4.67. The number of carbonyl (C=O) groups excluding carboxylic acids is 1. The molecule has 0 saturated heterocycles. The number of halogens is 2. The van der Waals surface area contributed by atoms with Gasteiger partial charge in [0, 0.05) is 23.1 Å². The number of hydrogen-bond acceptors (Lipinski definition) is 3. The Kier molecular flexibility index (Phi) is 6.39. The Morgan fingerprint density at radius 3 is 2.17 bits per heavy atom. The van der Waals surface area contributed by atoms with Gasteiger partial charge in [0.25, 0.3) is 0 Å². The molecule has 0 N–H and O–H groups in total. The molecule has 24 heavy (non-hydrogen) atoms. The largest absolute Gasteiger partial charge is 0.341 e. The van der Waals surface area contributed by atoms with Crippen molar-refractivity contribution in [2.24, 2.45) is 0 Å². The second-order valence-corrected chi connectivity index (χ2v) is 8.97. The van der Waals surface area contributed by atoms with Crippen LogP contribution in [-0.4, -0.2) is 45.1 Å². The molecule has 0 aliphatic heterocycles. The standard InChI is InChI=1S/C16H22Cl2N2O3S/c1-19(14-6-4-3-5-7-14)16(21)11-20(24(2,22)23)15-9-12(17)8-13(18)10-15/h8-10,14H,3-7,11H2,1-2H3. The molecule has 134 valence electrons. The normalized spacial score (nSPS) is 16.0. The topological polar surface area (TPSA) is 57.7 Å². The van der Waals surface area contributed by atoms with Gasteiger partial charge in [0.15, 0.2) is 0 Å². The van der Waals surface area contributed by atoms with Crippen molar-refractivity contribution in [3.8, 4) is 0 Å². The molecule has 1 aliphatic carbocycles. The maximum Gasteiger partial charge on any atom is 0.243 e. The van der Waals surface area contributed by atoms with Crippen molar-refractivity contribution in [2.45, 2.75) is 38.1 Å². The van der Waals surface area contributed by atoms with Crippen LogP contribution in [-0.2, 0) is 14.8 Å². The maximum atomic E-state index is 12.6. The van der Waals surface area contributed by atoms with Gasteiger partial charge in [-0.2, -0.15) is 0 Å². The summed E-state index contributed by atoms with van der Waals surface area (Å²) < 4.78 is 25.4. The first-order valence-corrected chi connectivity index (χ1v) is 10.5. The molecule has 0 unspecified atom stereocenters. The van der Waals surface area contributed by atoms with Crippen LogP contribution in [0.3, 0.4) is 0 Å². The van der Waals surface area contributed by atoms with E-state index in [0.29, 0.717) is 15.7 Å². The number of hydrogen-bond donors (Lipinski definition) is 0. The first-order valence-electron chi connectivity index (χ1n) is 7.88. The average molecular weight is 393 g/mol. The highest BCUT2D eigenvalue weighted by Gasteiger charge is 2.27. The summed E-state index contributed by atoms with van der Waals surface area (Å²) in [4.78, 5) is 14.3. The fraction of sp³-hybridized carbons (Fsp3) is 0.562. The van der Waals surface area contributed by atoms with E-state index in [1.54, 1.807) is 11.9 Å². The lowest BCUT2D eigenvalue weighted by Crippen LogP contribution is -2.45. The molecular formula is C16H22Cl2N2O3S. The van der Waals surface area contributed by atoms with Crippen molar-refractivity contribution < 1.29 is 13.2 Å². The van der Waals surface area contributed by atoms with E-state index in [9.17, 15) is 13.2 Å². The zero-order valence-corrected chi connectivity index (χ0v) is 16.2. The fourth-order valence-corrected chi connectivity index (χ4v) is 4.34. The summed E-state index contributed by atoms with van der Waals surface area (Å²) in [5.74, 6) is -0.233. The highest BCUT2D eigenvalue weighted by atomic mass is 35.5. The van der Waals surface area contributed by atoms with Gasteiger partial charge in [-0.15, -0.1) is 0 Å². The van der Waals surface area contributed by atoms with Gasteiger partial charge in [0.05, 0.1) is 11.9 Å². The van der Waals surface area contributed by atoms with Crippen molar-refractivity contribution >= 4 is 44.8 Å². The zero-order valence-electron chi connectivity index (χ0n) is 13.8. The molecule has 0 radical (unpaired) electrons. The molecule has 1 aliphatic rings. The number of anilines is 1. The third kappa shape index (κ3) is 5.01. The van der Waals surface area contributed by atoms with E-state index in [1.165, 1.54) is 24.6 Å². The molecule has 1 saturated carbocycles. The number of carbonyl (C=O) groups is 1. The van der Waals surface area contributed by atoms with Gasteiger partial charge < -0.3 is 4.90 Å². The Morgan fingerprint density at radius 2 is 1.67 bits per heavy atom. The Morgan fingerprint density at radius 1 is 1.12 bits per heavy atom. The summed E-state index contributed by atoms with van der Waals surface area (Å²) in [6.07, 6.45) is 6.38. The van der Waals surface area contributed by atoms with Crippen LogP contribution in [0.25, 0.3) is 0 Å². The smallest absolute Gasteiger partial charge is 0.243 e. The third-order valence-electron chi connectivity index (χ3n) is 4.33. The number of likely N-dealkylation sites (N-methyl/N-ethyl adjacent to an activating group) is 1. The zero-order chi connectivity index (χ0) is 17.9. The number of sulfonamides is 1. The van der Waals surface area contributed by atoms with E-state index in [-0.39, 0.29) is 18.5 Å². The second-order valence-electron chi connectivity index (χ2n) is 6.19. The van der Waals surface area contributed by atoms with Crippen LogP contribution < -0.4 is 4.31 Å². The second kappa shape index (κ2) is 7.93. The molecule has 0 spiro atoms. The number of nitrogens with zero attached hydrogens (tertiary/aromatic N) is 2. The predicted molar refractivity (Wildman–Crippen MR) is 98.3 cm³/mol. The van der Waals surface area contributed by atoms with E-state index < -0.39 is 10.0 Å².